The van der Waals surface area contributed by atoms with E-state index >= 15 is 0 Å². The van der Waals surface area contributed by atoms with Crippen LogP contribution in [-0.4, -0.2) is 14.2 Å². The molecule has 48 heavy (non-hydrogen) atoms. The predicted octanol–water partition coefficient (Wildman–Crippen LogP) is 11.2. The Balaban J connectivity index is 1.72. The van der Waals surface area contributed by atoms with Crippen molar-refractivity contribution in [2.45, 2.75) is 44.1 Å². The lowest BCUT2D eigenvalue weighted by atomic mass is 9.75. The maximum atomic E-state index is 14.5. The zero-order valence-electron chi connectivity index (χ0n) is 26.9. The molecule has 0 N–H and O–H groups in total. The fourth-order valence-electron chi connectivity index (χ4n) is 7.04. The number of ether oxygens (including phenoxy) is 3. The van der Waals surface area contributed by atoms with E-state index in [0.717, 1.165) is 18.2 Å². The summed E-state index contributed by atoms with van der Waals surface area (Å²) >= 11 is 0. The second-order valence-corrected chi connectivity index (χ2v) is 12.2. The number of fused-ring (bicyclic) bond motifs is 8. The smallest absolute Gasteiger partial charge is 0.416 e. The van der Waals surface area contributed by atoms with Crippen LogP contribution in [0.5, 0.6) is 11.5 Å². The Morgan fingerprint density at radius 3 is 2.17 bits per heavy atom. The van der Waals surface area contributed by atoms with E-state index in [-0.39, 0.29) is 22.3 Å². The molecule has 1 heterocycles. The van der Waals surface area contributed by atoms with Crippen molar-refractivity contribution in [1.29, 1.82) is 0 Å². The summed E-state index contributed by atoms with van der Waals surface area (Å²) in [6.45, 7) is 9.02. The Morgan fingerprint density at radius 2 is 1.56 bits per heavy atom. The summed E-state index contributed by atoms with van der Waals surface area (Å²) in [6, 6.07) is 14.4. The van der Waals surface area contributed by atoms with Crippen molar-refractivity contribution in [2.75, 3.05) is 14.2 Å². The minimum absolute atomic E-state index is 0.00940. The van der Waals surface area contributed by atoms with E-state index in [1.165, 1.54) is 19.2 Å². The summed E-state index contributed by atoms with van der Waals surface area (Å²) in [6.07, 6.45) is -0.463. The molecule has 0 saturated carbocycles. The number of rotatable bonds is 6. The fraction of sp³-hybridized carbons (Fsp3) is 0.231. The van der Waals surface area contributed by atoms with Crippen LogP contribution in [0.15, 0.2) is 103 Å². The van der Waals surface area contributed by atoms with Gasteiger partial charge in [0.05, 0.1) is 25.3 Å². The Labute approximate surface area is 274 Å². The van der Waals surface area contributed by atoms with E-state index in [0.29, 0.717) is 44.7 Å². The lowest BCUT2D eigenvalue weighted by molar-refractivity contribution is -0.139. The van der Waals surface area contributed by atoms with Gasteiger partial charge in [-0.3, -0.25) is 0 Å². The second-order valence-electron chi connectivity index (χ2n) is 12.2. The normalized spacial score (nSPS) is 18.4. The lowest BCUT2D eigenvalue weighted by Crippen LogP contribution is -2.35. The highest BCUT2D eigenvalue weighted by Gasteiger charge is 2.48. The molecule has 248 valence electrons. The molecule has 0 saturated heterocycles. The molecule has 0 bridgehead atoms. The van der Waals surface area contributed by atoms with E-state index in [1.807, 2.05) is 37.3 Å². The van der Waals surface area contributed by atoms with Gasteiger partial charge in [0.25, 0.3) is 0 Å². The van der Waals surface area contributed by atoms with Gasteiger partial charge in [-0.2, -0.15) is 26.3 Å². The summed E-state index contributed by atoms with van der Waals surface area (Å²) in [5.41, 5.74) is -1.45. The van der Waals surface area contributed by atoms with Crippen LogP contribution in [0.4, 0.5) is 26.3 Å². The summed E-state index contributed by atoms with van der Waals surface area (Å²) in [5, 5.41) is 0.481. The SMILES string of the molecule is C=C(/C=C\C(=C/C)C1(c2ccc(OC)cc2)C=Cc2c3c(c4cc(C(F)(F)F)ccc4c2O1)-c1cccc(C(F)(F)F)c1C3(C)C)OC. The lowest BCUT2D eigenvalue weighted by Gasteiger charge is -2.39. The van der Waals surface area contributed by atoms with Crippen LogP contribution in [0.25, 0.3) is 28.0 Å². The van der Waals surface area contributed by atoms with E-state index < -0.39 is 34.5 Å². The molecule has 2 aliphatic rings. The Kier molecular flexibility index (Phi) is 7.81. The van der Waals surface area contributed by atoms with Gasteiger partial charge >= 0.3 is 12.4 Å². The first-order valence-electron chi connectivity index (χ1n) is 15.1. The zero-order chi connectivity index (χ0) is 34.8. The Morgan fingerprint density at radius 1 is 0.854 bits per heavy atom. The minimum Gasteiger partial charge on any atom is -0.497 e. The van der Waals surface area contributed by atoms with E-state index in [9.17, 15) is 26.3 Å². The third-order valence-corrected chi connectivity index (χ3v) is 9.23. The van der Waals surface area contributed by atoms with Gasteiger partial charge < -0.3 is 14.2 Å². The number of alkyl halides is 6. The molecule has 0 amide bonds. The van der Waals surface area contributed by atoms with E-state index in [4.69, 9.17) is 14.2 Å². The molecule has 0 spiro atoms. The van der Waals surface area contributed by atoms with Crippen molar-refractivity contribution < 1.29 is 40.6 Å². The maximum absolute atomic E-state index is 14.5. The van der Waals surface area contributed by atoms with Crippen LogP contribution in [-0.2, 0) is 28.1 Å². The molecular formula is C39H32F6O3. The van der Waals surface area contributed by atoms with E-state index in [1.54, 1.807) is 51.3 Å². The fourth-order valence-corrected chi connectivity index (χ4v) is 7.04. The van der Waals surface area contributed by atoms with Crippen LogP contribution < -0.4 is 9.47 Å². The van der Waals surface area contributed by atoms with Gasteiger partial charge in [0.1, 0.15) is 17.3 Å². The Bertz CT molecular complexity index is 2050. The molecule has 0 fully saturated rings. The number of hydrogen-bond donors (Lipinski definition) is 0. The van der Waals surface area contributed by atoms with Gasteiger partial charge in [0.2, 0.25) is 0 Å². The Hall–Kier alpha value is -4.92. The predicted molar refractivity (Wildman–Crippen MR) is 175 cm³/mol. The molecule has 9 heteroatoms. The molecular weight excluding hydrogens is 630 g/mol. The first-order valence-corrected chi connectivity index (χ1v) is 15.1. The third-order valence-electron chi connectivity index (χ3n) is 9.23. The topological polar surface area (TPSA) is 27.7 Å². The largest absolute Gasteiger partial charge is 0.497 e. The van der Waals surface area contributed by atoms with Gasteiger partial charge in [-0.25, -0.2) is 0 Å². The van der Waals surface area contributed by atoms with Crippen LogP contribution in [0.1, 0.15) is 54.2 Å². The molecule has 3 nitrogen and oxygen atoms in total. The van der Waals surface area contributed by atoms with Crippen molar-refractivity contribution in [3.05, 3.63) is 136 Å². The summed E-state index contributed by atoms with van der Waals surface area (Å²) in [5.74, 6) is 1.23. The van der Waals surface area contributed by atoms with Gasteiger partial charge in [-0.05, 0) is 82.6 Å². The van der Waals surface area contributed by atoms with Crippen molar-refractivity contribution in [2.24, 2.45) is 0 Å². The zero-order valence-corrected chi connectivity index (χ0v) is 26.9. The van der Waals surface area contributed by atoms with E-state index in [2.05, 4.69) is 6.58 Å². The maximum Gasteiger partial charge on any atom is 0.416 e. The summed E-state index contributed by atoms with van der Waals surface area (Å²) < 4.78 is 104. The monoisotopic (exact) mass is 662 g/mol. The molecule has 1 unspecified atom stereocenters. The van der Waals surface area contributed by atoms with Crippen LogP contribution >= 0.6 is 0 Å². The molecule has 4 aromatic rings. The van der Waals surface area contributed by atoms with Crippen LogP contribution in [0.2, 0.25) is 0 Å². The third kappa shape index (κ3) is 5.07. The number of methoxy groups -OCH3 is 2. The highest BCUT2D eigenvalue weighted by Crippen LogP contribution is 2.60. The minimum atomic E-state index is -4.69. The van der Waals surface area contributed by atoms with Crippen molar-refractivity contribution >= 4 is 16.8 Å². The van der Waals surface area contributed by atoms with Gasteiger partial charge in [0, 0.05) is 21.9 Å². The highest BCUT2D eigenvalue weighted by molar-refractivity contribution is 6.09. The van der Waals surface area contributed by atoms with Crippen LogP contribution in [0.3, 0.4) is 0 Å². The number of hydrogen-bond acceptors (Lipinski definition) is 3. The number of allylic oxidation sites excluding steroid dienone is 2. The highest BCUT2D eigenvalue weighted by atomic mass is 19.4. The van der Waals surface area contributed by atoms with Crippen molar-refractivity contribution in [3.8, 4) is 22.6 Å². The average Bonchev–Trinajstić information content (AvgIpc) is 3.30. The van der Waals surface area contributed by atoms with Gasteiger partial charge in [-0.1, -0.05) is 69.0 Å². The first kappa shape index (κ1) is 33.0. The molecule has 4 aromatic carbocycles. The number of halogens is 6. The quantitative estimate of drug-likeness (QED) is 0.117. The standard InChI is InChI=1S/C39H32F6O3/c1-7-23(12-11-22(2)46-5)37(24-13-16-26(47-6)17-14-24)20-19-29-34-32(28-9-8-10-31(39(43,44)45)33(28)36(34,3)4)30-21-25(38(40,41)42)15-18-27(30)35(29)48-37/h7-21H,2H2,1,3-6H3/b12-11-,23-7+. The molecule has 0 aromatic heterocycles. The molecule has 0 radical (unpaired) electrons. The van der Waals surface area contributed by atoms with Crippen molar-refractivity contribution in [3.63, 3.8) is 0 Å². The first-order chi connectivity index (χ1) is 22.6. The summed E-state index contributed by atoms with van der Waals surface area (Å²) in [4.78, 5) is 0. The molecule has 6 rings (SSSR count). The van der Waals surface area contributed by atoms with Gasteiger partial charge in [-0.15, -0.1) is 0 Å². The second kappa shape index (κ2) is 11.4. The molecule has 1 aliphatic carbocycles. The molecule has 1 aliphatic heterocycles. The molecule has 1 atom stereocenters. The van der Waals surface area contributed by atoms with Gasteiger partial charge in [0.15, 0.2) is 5.60 Å². The van der Waals surface area contributed by atoms with Crippen molar-refractivity contribution in [1.82, 2.24) is 0 Å². The number of benzene rings is 4. The average molecular weight is 663 g/mol. The summed E-state index contributed by atoms with van der Waals surface area (Å²) in [7, 11) is 3.03. The van der Waals surface area contributed by atoms with Crippen LogP contribution in [0, 0.1) is 0 Å².